The zero-order chi connectivity index (χ0) is 12.3. The van der Waals surface area contributed by atoms with Crippen molar-refractivity contribution in [1.29, 1.82) is 0 Å². The molecule has 0 atom stereocenters. The van der Waals surface area contributed by atoms with Gasteiger partial charge < -0.3 is 4.74 Å². The van der Waals surface area contributed by atoms with Gasteiger partial charge in [0, 0.05) is 11.8 Å². The van der Waals surface area contributed by atoms with E-state index in [0.29, 0.717) is 16.3 Å². The number of esters is 1. The van der Waals surface area contributed by atoms with Crippen molar-refractivity contribution in [1.82, 2.24) is 4.98 Å². The third kappa shape index (κ3) is 2.45. The van der Waals surface area contributed by atoms with Crippen molar-refractivity contribution in [3.63, 3.8) is 0 Å². The highest BCUT2D eigenvalue weighted by atomic mass is 35.5. The number of rotatable bonds is 2. The Bertz CT molecular complexity index is 555. The van der Waals surface area contributed by atoms with Crippen LogP contribution >= 0.6 is 11.6 Å². The molecule has 2 aromatic rings. The third-order valence-electron chi connectivity index (χ3n) is 2.32. The number of methoxy groups -OCH3 is 1. The molecule has 0 radical (unpaired) electrons. The van der Waals surface area contributed by atoms with Crippen LogP contribution < -0.4 is 0 Å². The fourth-order valence-corrected chi connectivity index (χ4v) is 1.74. The van der Waals surface area contributed by atoms with Crippen LogP contribution in [0, 0.1) is 0 Å². The number of pyridine rings is 1. The number of halogens is 1. The summed E-state index contributed by atoms with van der Waals surface area (Å²) in [5.41, 5.74) is 1.92. The lowest BCUT2D eigenvalue weighted by Crippen LogP contribution is -2.01. The quantitative estimate of drug-likeness (QED) is 0.765. The van der Waals surface area contributed by atoms with E-state index in [-0.39, 0.29) is 5.97 Å². The third-order valence-corrected chi connectivity index (χ3v) is 2.62. The minimum Gasteiger partial charge on any atom is -0.465 e. The normalized spacial score (nSPS) is 10.0. The maximum Gasteiger partial charge on any atom is 0.337 e. The number of aromatic nitrogens is 1. The lowest BCUT2D eigenvalue weighted by molar-refractivity contribution is 0.0601. The molecule has 0 bridgehead atoms. The smallest absolute Gasteiger partial charge is 0.337 e. The fourth-order valence-electron chi connectivity index (χ4n) is 1.51. The second kappa shape index (κ2) is 4.97. The topological polar surface area (TPSA) is 39.2 Å². The highest BCUT2D eigenvalue weighted by Crippen LogP contribution is 2.25. The van der Waals surface area contributed by atoms with Crippen LogP contribution in [0.25, 0.3) is 11.3 Å². The van der Waals surface area contributed by atoms with Gasteiger partial charge in [-0.05, 0) is 24.3 Å². The van der Waals surface area contributed by atoms with Gasteiger partial charge in [-0.25, -0.2) is 4.79 Å². The molecule has 1 aromatic carbocycles. The van der Waals surface area contributed by atoms with Crippen molar-refractivity contribution < 1.29 is 9.53 Å². The van der Waals surface area contributed by atoms with Crippen molar-refractivity contribution in [2.75, 3.05) is 7.11 Å². The molecule has 0 amide bonds. The van der Waals surface area contributed by atoms with Crippen LogP contribution in [-0.2, 0) is 4.74 Å². The molecule has 0 saturated heterocycles. The highest BCUT2D eigenvalue weighted by molar-refractivity contribution is 6.33. The van der Waals surface area contributed by atoms with Crippen molar-refractivity contribution in [2.45, 2.75) is 0 Å². The molecule has 1 heterocycles. The van der Waals surface area contributed by atoms with E-state index < -0.39 is 0 Å². The second-order valence-electron chi connectivity index (χ2n) is 3.41. The van der Waals surface area contributed by atoms with Gasteiger partial charge in [0.2, 0.25) is 0 Å². The summed E-state index contributed by atoms with van der Waals surface area (Å²) in [4.78, 5) is 15.6. The molecule has 0 fully saturated rings. The number of ether oxygens (including phenoxy) is 1. The highest BCUT2D eigenvalue weighted by Gasteiger charge is 2.09. The number of hydrogen-bond acceptors (Lipinski definition) is 3. The maximum absolute atomic E-state index is 11.4. The molecule has 4 heteroatoms. The van der Waals surface area contributed by atoms with Crippen LogP contribution in [0.3, 0.4) is 0 Å². The maximum atomic E-state index is 11.4. The first-order valence-electron chi connectivity index (χ1n) is 5.01. The molecule has 2 rings (SSSR count). The molecular weight excluding hydrogens is 238 g/mol. The molecular formula is C13H10ClNO2. The molecule has 0 spiro atoms. The predicted octanol–water partition coefficient (Wildman–Crippen LogP) is 3.19. The monoisotopic (exact) mass is 247 g/mol. The van der Waals surface area contributed by atoms with E-state index in [1.807, 2.05) is 6.07 Å². The summed E-state index contributed by atoms with van der Waals surface area (Å²) >= 11 is 6.05. The Hall–Kier alpha value is -1.87. The standard InChI is InChI=1S/C13H10ClNO2/c1-17-13(16)10-5-2-4-9(8-10)12-11(14)6-3-7-15-12/h2-8H,1H3. The minimum atomic E-state index is -0.376. The summed E-state index contributed by atoms with van der Waals surface area (Å²) in [5, 5.41) is 0.550. The SMILES string of the molecule is COC(=O)c1cccc(-c2ncccc2Cl)c1. The Morgan fingerprint density at radius 3 is 2.82 bits per heavy atom. The molecule has 1 aromatic heterocycles. The summed E-state index contributed by atoms with van der Waals surface area (Å²) in [6.45, 7) is 0. The van der Waals surface area contributed by atoms with Gasteiger partial charge in [0.25, 0.3) is 0 Å². The number of carbonyl (C=O) groups excluding carboxylic acids is 1. The lowest BCUT2D eigenvalue weighted by atomic mass is 10.1. The van der Waals surface area contributed by atoms with Gasteiger partial charge in [-0.2, -0.15) is 0 Å². The van der Waals surface area contributed by atoms with E-state index in [0.717, 1.165) is 5.56 Å². The fraction of sp³-hybridized carbons (Fsp3) is 0.0769. The van der Waals surface area contributed by atoms with Gasteiger partial charge >= 0.3 is 5.97 Å². The molecule has 86 valence electrons. The zero-order valence-electron chi connectivity index (χ0n) is 9.18. The Kier molecular flexibility index (Phi) is 3.40. The number of benzene rings is 1. The molecule has 0 saturated carbocycles. The Morgan fingerprint density at radius 1 is 1.29 bits per heavy atom. The molecule has 0 unspecified atom stereocenters. The van der Waals surface area contributed by atoms with E-state index in [9.17, 15) is 4.79 Å². The van der Waals surface area contributed by atoms with Gasteiger partial charge in [-0.15, -0.1) is 0 Å². The predicted molar refractivity (Wildman–Crippen MR) is 66.0 cm³/mol. The molecule has 17 heavy (non-hydrogen) atoms. The average molecular weight is 248 g/mol. The molecule has 0 aliphatic heterocycles. The van der Waals surface area contributed by atoms with Crippen molar-refractivity contribution in [3.8, 4) is 11.3 Å². The van der Waals surface area contributed by atoms with Gasteiger partial charge in [-0.3, -0.25) is 4.98 Å². The van der Waals surface area contributed by atoms with Gasteiger partial charge in [0.1, 0.15) is 0 Å². The first-order valence-corrected chi connectivity index (χ1v) is 5.39. The Morgan fingerprint density at radius 2 is 2.12 bits per heavy atom. The van der Waals surface area contributed by atoms with Crippen LogP contribution in [0.1, 0.15) is 10.4 Å². The Balaban J connectivity index is 2.47. The average Bonchev–Trinajstić information content (AvgIpc) is 2.38. The van der Waals surface area contributed by atoms with Crippen LogP contribution in [0.5, 0.6) is 0 Å². The largest absolute Gasteiger partial charge is 0.465 e. The van der Waals surface area contributed by atoms with Crippen LogP contribution in [0.2, 0.25) is 5.02 Å². The number of hydrogen-bond donors (Lipinski definition) is 0. The number of carbonyl (C=O) groups is 1. The first kappa shape index (κ1) is 11.6. The molecule has 0 N–H and O–H groups in total. The van der Waals surface area contributed by atoms with Crippen molar-refractivity contribution in [2.24, 2.45) is 0 Å². The first-order chi connectivity index (χ1) is 8.22. The van der Waals surface area contributed by atoms with Gasteiger partial charge in [0.15, 0.2) is 0 Å². The van der Waals surface area contributed by atoms with Crippen LogP contribution in [0.4, 0.5) is 0 Å². The zero-order valence-corrected chi connectivity index (χ0v) is 9.94. The summed E-state index contributed by atoms with van der Waals surface area (Å²) in [7, 11) is 1.35. The van der Waals surface area contributed by atoms with E-state index in [1.54, 1.807) is 36.5 Å². The van der Waals surface area contributed by atoms with Crippen LogP contribution in [-0.4, -0.2) is 18.1 Å². The van der Waals surface area contributed by atoms with Gasteiger partial charge in [0.05, 0.1) is 23.4 Å². The minimum absolute atomic E-state index is 0.376. The lowest BCUT2D eigenvalue weighted by Gasteiger charge is -2.05. The number of nitrogens with zero attached hydrogens (tertiary/aromatic N) is 1. The molecule has 0 aliphatic rings. The summed E-state index contributed by atoms with van der Waals surface area (Å²) in [6, 6.07) is 10.5. The summed E-state index contributed by atoms with van der Waals surface area (Å²) in [6.07, 6.45) is 1.66. The van der Waals surface area contributed by atoms with Gasteiger partial charge in [-0.1, -0.05) is 23.7 Å². The second-order valence-corrected chi connectivity index (χ2v) is 3.81. The van der Waals surface area contributed by atoms with E-state index in [4.69, 9.17) is 11.6 Å². The van der Waals surface area contributed by atoms with E-state index >= 15 is 0 Å². The van der Waals surface area contributed by atoms with E-state index in [1.165, 1.54) is 7.11 Å². The van der Waals surface area contributed by atoms with Crippen LogP contribution in [0.15, 0.2) is 42.6 Å². The molecule has 3 nitrogen and oxygen atoms in total. The Labute approximate surface area is 104 Å². The van der Waals surface area contributed by atoms with Crippen molar-refractivity contribution >= 4 is 17.6 Å². The summed E-state index contributed by atoms with van der Waals surface area (Å²) in [5.74, 6) is -0.376. The van der Waals surface area contributed by atoms with E-state index in [2.05, 4.69) is 9.72 Å². The molecule has 0 aliphatic carbocycles. The van der Waals surface area contributed by atoms with Crippen molar-refractivity contribution in [3.05, 3.63) is 53.2 Å². The summed E-state index contributed by atoms with van der Waals surface area (Å²) < 4.78 is 4.67.